The highest BCUT2D eigenvalue weighted by Crippen LogP contribution is 2.19. The largest absolute Gasteiger partial charge is 0.478 e. The number of carboxylic acid groups (broad SMARTS) is 1. The molecule has 0 aromatic heterocycles. The molecule has 0 saturated heterocycles. The molecule has 1 rings (SSSR count). The lowest BCUT2D eigenvalue weighted by molar-refractivity contribution is 0.0697. The Hall–Kier alpha value is -0.800. The first-order chi connectivity index (χ1) is 7.15. The lowest BCUT2D eigenvalue weighted by Gasteiger charge is -1.99. The second-order valence-electron chi connectivity index (χ2n) is 2.92. The van der Waals surface area contributed by atoms with Crippen molar-refractivity contribution in [2.75, 3.05) is 5.33 Å². The third-order valence-corrected chi connectivity index (χ3v) is 2.61. The number of allylic oxidation sites excluding steroid dienone is 1. The zero-order chi connectivity index (χ0) is 11.3. The summed E-state index contributed by atoms with van der Waals surface area (Å²) in [5.41, 5.74) is 1.04. The highest BCUT2D eigenvalue weighted by molar-refractivity contribution is 9.09. The van der Waals surface area contributed by atoms with Crippen LogP contribution in [0, 0.1) is 0 Å². The monoisotopic (exact) mass is 288 g/mol. The number of alkyl halides is 1. The third-order valence-electron chi connectivity index (χ3n) is 1.82. The number of hydrogen-bond acceptors (Lipinski definition) is 1. The van der Waals surface area contributed by atoms with Crippen molar-refractivity contribution in [3.05, 3.63) is 40.4 Å². The van der Waals surface area contributed by atoms with Crippen molar-refractivity contribution in [1.29, 1.82) is 0 Å². The zero-order valence-corrected chi connectivity index (χ0v) is 10.3. The lowest BCUT2D eigenvalue weighted by atomic mass is 10.1. The molecule has 0 unspecified atom stereocenters. The number of hydrogen-bond donors (Lipinski definition) is 1. The smallest absolute Gasteiger partial charge is 0.335 e. The summed E-state index contributed by atoms with van der Waals surface area (Å²) in [6, 6.07) is 4.70. The molecule has 0 aliphatic heterocycles. The normalized spacial score (nSPS) is 10.8. The Morgan fingerprint density at radius 3 is 2.80 bits per heavy atom. The zero-order valence-electron chi connectivity index (χ0n) is 7.91. The molecule has 4 heteroatoms. The molecule has 1 aromatic carbocycles. The van der Waals surface area contributed by atoms with Gasteiger partial charge < -0.3 is 5.11 Å². The molecule has 0 spiro atoms. The van der Waals surface area contributed by atoms with Crippen LogP contribution in [-0.2, 0) is 0 Å². The Kier molecular flexibility index (Phi) is 4.85. The van der Waals surface area contributed by atoms with Gasteiger partial charge in [-0.2, -0.15) is 0 Å². The Labute approximate surface area is 102 Å². The van der Waals surface area contributed by atoms with Crippen LogP contribution >= 0.6 is 27.5 Å². The van der Waals surface area contributed by atoms with E-state index in [0.717, 1.165) is 17.3 Å². The number of benzene rings is 1. The molecule has 0 saturated carbocycles. The molecule has 0 bridgehead atoms. The minimum absolute atomic E-state index is 0.206. The standard InChI is InChI=1S/C11H10BrClO2/c12-6-2-1-3-8-4-5-9(11(14)15)7-10(8)13/h1,3-5,7H,2,6H2,(H,14,15). The fourth-order valence-corrected chi connectivity index (χ4v) is 1.58. The van der Waals surface area contributed by atoms with Gasteiger partial charge in [0.15, 0.2) is 0 Å². The van der Waals surface area contributed by atoms with Crippen LogP contribution in [0.2, 0.25) is 5.02 Å². The van der Waals surface area contributed by atoms with Crippen molar-refractivity contribution >= 4 is 39.6 Å². The Balaban J connectivity index is 2.88. The summed E-state index contributed by atoms with van der Waals surface area (Å²) in [7, 11) is 0. The summed E-state index contributed by atoms with van der Waals surface area (Å²) in [6.07, 6.45) is 4.78. The second-order valence-corrected chi connectivity index (χ2v) is 4.12. The molecule has 0 aliphatic carbocycles. The number of rotatable bonds is 4. The number of carbonyl (C=O) groups is 1. The first kappa shape index (κ1) is 12.3. The molecule has 0 atom stereocenters. The maximum atomic E-state index is 10.6. The summed E-state index contributed by atoms with van der Waals surface area (Å²) in [4.78, 5) is 10.6. The van der Waals surface area contributed by atoms with Gasteiger partial charge in [0.1, 0.15) is 0 Å². The molecule has 0 fully saturated rings. The topological polar surface area (TPSA) is 37.3 Å². The fraction of sp³-hybridized carbons (Fsp3) is 0.182. The van der Waals surface area contributed by atoms with E-state index >= 15 is 0 Å². The van der Waals surface area contributed by atoms with Crippen molar-refractivity contribution in [3.8, 4) is 0 Å². The van der Waals surface area contributed by atoms with Crippen molar-refractivity contribution in [3.63, 3.8) is 0 Å². The van der Waals surface area contributed by atoms with Gasteiger partial charge in [-0.15, -0.1) is 0 Å². The maximum absolute atomic E-state index is 10.6. The van der Waals surface area contributed by atoms with E-state index in [4.69, 9.17) is 16.7 Å². The summed E-state index contributed by atoms with van der Waals surface area (Å²) in [5.74, 6) is -0.965. The van der Waals surface area contributed by atoms with E-state index in [0.29, 0.717) is 5.02 Å². The van der Waals surface area contributed by atoms with Crippen molar-refractivity contribution < 1.29 is 9.90 Å². The van der Waals surface area contributed by atoms with E-state index in [9.17, 15) is 4.79 Å². The minimum Gasteiger partial charge on any atom is -0.478 e. The molecular formula is C11H10BrClO2. The number of carboxylic acids is 1. The Bertz CT molecular complexity index is 388. The quantitative estimate of drug-likeness (QED) is 0.855. The maximum Gasteiger partial charge on any atom is 0.335 e. The molecule has 1 aromatic rings. The Morgan fingerprint density at radius 1 is 1.53 bits per heavy atom. The van der Waals surface area contributed by atoms with Gasteiger partial charge in [-0.25, -0.2) is 4.79 Å². The van der Waals surface area contributed by atoms with Crippen LogP contribution in [0.1, 0.15) is 22.3 Å². The van der Waals surface area contributed by atoms with E-state index in [-0.39, 0.29) is 5.56 Å². The van der Waals surface area contributed by atoms with Crippen LogP contribution < -0.4 is 0 Å². The predicted octanol–water partition coefficient (Wildman–Crippen LogP) is 3.84. The molecule has 0 radical (unpaired) electrons. The van der Waals surface area contributed by atoms with Crippen molar-refractivity contribution in [2.45, 2.75) is 6.42 Å². The average Bonchev–Trinajstić information content (AvgIpc) is 2.20. The van der Waals surface area contributed by atoms with E-state index < -0.39 is 5.97 Å². The van der Waals surface area contributed by atoms with Crippen molar-refractivity contribution in [2.24, 2.45) is 0 Å². The second kappa shape index (κ2) is 5.93. The van der Waals surface area contributed by atoms with Gasteiger partial charge in [0.25, 0.3) is 0 Å². The van der Waals surface area contributed by atoms with Crippen LogP contribution in [0.3, 0.4) is 0 Å². The average molecular weight is 290 g/mol. The molecule has 15 heavy (non-hydrogen) atoms. The first-order valence-electron chi connectivity index (χ1n) is 4.40. The van der Waals surface area contributed by atoms with Gasteiger partial charge >= 0.3 is 5.97 Å². The van der Waals surface area contributed by atoms with Crippen LogP contribution in [0.15, 0.2) is 24.3 Å². The van der Waals surface area contributed by atoms with Crippen LogP contribution in [0.25, 0.3) is 6.08 Å². The number of halogens is 2. The van der Waals surface area contributed by atoms with Crippen LogP contribution in [-0.4, -0.2) is 16.4 Å². The molecular weight excluding hydrogens is 279 g/mol. The van der Waals surface area contributed by atoms with Gasteiger partial charge in [0.2, 0.25) is 0 Å². The molecule has 1 N–H and O–H groups in total. The number of aromatic carboxylic acids is 1. The minimum atomic E-state index is -0.965. The van der Waals surface area contributed by atoms with E-state index in [1.807, 2.05) is 12.2 Å². The SMILES string of the molecule is O=C(O)c1ccc(C=CCCBr)c(Cl)c1. The van der Waals surface area contributed by atoms with Gasteiger partial charge in [-0.05, 0) is 24.1 Å². The third kappa shape index (κ3) is 3.68. The molecule has 2 nitrogen and oxygen atoms in total. The highest BCUT2D eigenvalue weighted by Gasteiger charge is 2.04. The van der Waals surface area contributed by atoms with Crippen LogP contribution in [0.4, 0.5) is 0 Å². The predicted molar refractivity (Wildman–Crippen MR) is 65.9 cm³/mol. The van der Waals surface area contributed by atoms with Crippen LogP contribution in [0.5, 0.6) is 0 Å². The van der Waals surface area contributed by atoms with Gasteiger partial charge in [-0.1, -0.05) is 45.7 Å². The highest BCUT2D eigenvalue weighted by atomic mass is 79.9. The summed E-state index contributed by atoms with van der Waals surface area (Å²) in [6.45, 7) is 0. The molecule has 0 amide bonds. The fourth-order valence-electron chi connectivity index (χ4n) is 1.07. The molecule has 80 valence electrons. The lowest BCUT2D eigenvalue weighted by Crippen LogP contribution is -1.95. The summed E-state index contributed by atoms with van der Waals surface area (Å²) >= 11 is 9.24. The van der Waals surface area contributed by atoms with E-state index in [2.05, 4.69) is 15.9 Å². The molecule has 0 aliphatic rings. The van der Waals surface area contributed by atoms with Gasteiger partial charge in [-0.3, -0.25) is 0 Å². The first-order valence-corrected chi connectivity index (χ1v) is 5.90. The van der Waals surface area contributed by atoms with Gasteiger partial charge in [0.05, 0.1) is 5.56 Å². The van der Waals surface area contributed by atoms with Gasteiger partial charge in [0, 0.05) is 10.4 Å². The summed E-state index contributed by atoms with van der Waals surface area (Å²) < 4.78 is 0. The Morgan fingerprint density at radius 2 is 2.27 bits per heavy atom. The molecule has 0 heterocycles. The summed E-state index contributed by atoms with van der Waals surface area (Å²) in [5, 5.41) is 10.1. The van der Waals surface area contributed by atoms with E-state index in [1.165, 1.54) is 6.07 Å². The van der Waals surface area contributed by atoms with E-state index in [1.54, 1.807) is 12.1 Å². The van der Waals surface area contributed by atoms with Crippen molar-refractivity contribution in [1.82, 2.24) is 0 Å².